The molecule has 0 aromatic carbocycles. The van der Waals surface area contributed by atoms with E-state index in [0.717, 1.165) is 19.5 Å². The van der Waals surface area contributed by atoms with Crippen molar-refractivity contribution in [3.63, 3.8) is 0 Å². The summed E-state index contributed by atoms with van der Waals surface area (Å²) in [7, 11) is 0. The van der Waals surface area contributed by atoms with Crippen molar-refractivity contribution in [2.75, 3.05) is 13.1 Å². The second-order valence-corrected chi connectivity index (χ2v) is 4.23. The second-order valence-electron chi connectivity index (χ2n) is 4.23. The van der Waals surface area contributed by atoms with Crippen molar-refractivity contribution in [1.29, 1.82) is 0 Å². The molecule has 1 amide bonds. The Labute approximate surface area is 86.6 Å². The van der Waals surface area contributed by atoms with Crippen molar-refractivity contribution in [1.82, 2.24) is 10.6 Å². The van der Waals surface area contributed by atoms with E-state index >= 15 is 0 Å². The van der Waals surface area contributed by atoms with Gasteiger partial charge in [-0.2, -0.15) is 0 Å². The van der Waals surface area contributed by atoms with Crippen LogP contribution in [0.1, 0.15) is 39.5 Å². The minimum atomic E-state index is 0.193. The van der Waals surface area contributed by atoms with Crippen molar-refractivity contribution >= 4 is 5.91 Å². The summed E-state index contributed by atoms with van der Waals surface area (Å²) in [5.41, 5.74) is 0. The van der Waals surface area contributed by atoms with E-state index in [0.29, 0.717) is 18.4 Å². The number of carbonyl (C=O) groups excluding carboxylic acids is 1. The molecule has 1 rings (SSSR count). The van der Waals surface area contributed by atoms with Crippen molar-refractivity contribution in [2.24, 2.45) is 5.92 Å². The number of hydrogen-bond acceptors (Lipinski definition) is 2. The van der Waals surface area contributed by atoms with Gasteiger partial charge in [-0.3, -0.25) is 4.79 Å². The second kappa shape index (κ2) is 6.02. The molecule has 0 spiro atoms. The highest BCUT2D eigenvalue weighted by molar-refractivity contribution is 5.76. The lowest BCUT2D eigenvalue weighted by Crippen LogP contribution is -2.43. The van der Waals surface area contributed by atoms with Crippen molar-refractivity contribution in [3.05, 3.63) is 0 Å². The van der Waals surface area contributed by atoms with Crippen LogP contribution in [0.25, 0.3) is 0 Å². The maximum absolute atomic E-state index is 11.5. The van der Waals surface area contributed by atoms with Crippen LogP contribution in [-0.4, -0.2) is 25.0 Å². The summed E-state index contributed by atoms with van der Waals surface area (Å²) in [5, 5.41) is 6.34. The first-order valence-electron chi connectivity index (χ1n) is 5.74. The van der Waals surface area contributed by atoms with Crippen molar-refractivity contribution in [2.45, 2.75) is 45.6 Å². The molecule has 1 heterocycles. The Morgan fingerprint density at radius 1 is 1.57 bits per heavy atom. The van der Waals surface area contributed by atoms with Crippen LogP contribution in [-0.2, 0) is 4.79 Å². The van der Waals surface area contributed by atoms with E-state index in [-0.39, 0.29) is 5.91 Å². The summed E-state index contributed by atoms with van der Waals surface area (Å²) in [6.45, 7) is 6.17. The van der Waals surface area contributed by atoms with Gasteiger partial charge in [-0.1, -0.05) is 13.8 Å². The summed E-state index contributed by atoms with van der Waals surface area (Å²) in [5.74, 6) is 0.828. The molecular formula is C11H22N2O. The molecule has 14 heavy (non-hydrogen) atoms. The Hall–Kier alpha value is -0.570. The zero-order valence-electron chi connectivity index (χ0n) is 9.31. The van der Waals surface area contributed by atoms with Gasteiger partial charge in [0.2, 0.25) is 5.91 Å². The smallest absolute Gasteiger partial charge is 0.221 e. The highest BCUT2D eigenvalue weighted by atomic mass is 16.1. The molecule has 2 unspecified atom stereocenters. The first kappa shape index (κ1) is 11.5. The van der Waals surface area contributed by atoms with Gasteiger partial charge in [0.05, 0.1) is 0 Å². The van der Waals surface area contributed by atoms with E-state index < -0.39 is 0 Å². The van der Waals surface area contributed by atoms with Crippen LogP contribution in [0, 0.1) is 5.92 Å². The number of rotatable bonds is 4. The molecule has 0 saturated carbocycles. The summed E-state index contributed by atoms with van der Waals surface area (Å²) in [6.07, 6.45) is 4.15. The first-order valence-corrected chi connectivity index (χ1v) is 5.74. The number of carbonyl (C=O) groups is 1. The van der Waals surface area contributed by atoms with Gasteiger partial charge in [0.15, 0.2) is 0 Å². The Morgan fingerprint density at radius 3 is 3.00 bits per heavy atom. The van der Waals surface area contributed by atoms with Crippen molar-refractivity contribution in [3.8, 4) is 0 Å². The lowest BCUT2D eigenvalue weighted by molar-refractivity contribution is -0.121. The summed E-state index contributed by atoms with van der Waals surface area (Å²) in [4.78, 5) is 11.5. The molecule has 2 atom stereocenters. The normalized spacial score (nSPS) is 27.3. The molecule has 1 saturated heterocycles. The maximum atomic E-state index is 11.5. The molecule has 3 heteroatoms. The van der Waals surface area contributed by atoms with E-state index in [4.69, 9.17) is 0 Å². The minimum Gasteiger partial charge on any atom is -0.356 e. The molecule has 0 aromatic heterocycles. The standard InChI is InChI=1S/C11H22N2O/c1-3-6-13-11(14)8-10-9(2)5-4-7-12-10/h9-10,12H,3-8H2,1-2H3,(H,13,14). The predicted molar refractivity (Wildman–Crippen MR) is 58.1 cm³/mol. The molecule has 0 bridgehead atoms. The van der Waals surface area contributed by atoms with E-state index in [1.807, 2.05) is 0 Å². The van der Waals surface area contributed by atoms with Gasteiger partial charge in [-0.05, 0) is 31.7 Å². The number of piperidine rings is 1. The monoisotopic (exact) mass is 198 g/mol. The molecule has 2 N–H and O–H groups in total. The average molecular weight is 198 g/mol. The van der Waals surface area contributed by atoms with Crippen molar-refractivity contribution < 1.29 is 4.79 Å². The number of amides is 1. The number of hydrogen-bond donors (Lipinski definition) is 2. The van der Waals surface area contributed by atoms with Crippen LogP contribution < -0.4 is 10.6 Å². The third-order valence-corrected chi connectivity index (χ3v) is 2.91. The maximum Gasteiger partial charge on any atom is 0.221 e. The molecule has 1 aliphatic rings. The first-order chi connectivity index (χ1) is 6.74. The highest BCUT2D eigenvalue weighted by Crippen LogP contribution is 2.17. The van der Waals surface area contributed by atoms with Gasteiger partial charge in [0.25, 0.3) is 0 Å². The molecule has 0 aliphatic carbocycles. The molecule has 3 nitrogen and oxygen atoms in total. The fourth-order valence-electron chi connectivity index (χ4n) is 1.92. The van der Waals surface area contributed by atoms with Crippen LogP contribution in [0.2, 0.25) is 0 Å². The molecule has 0 radical (unpaired) electrons. The lowest BCUT2D eigenvalue weighted by Gasteiger charge is -2.29. The zero-order valence-corrected chi connectivity index (χ0v) is 9.31. The average Bonchev–Trinajstić information content (AvgIpc) is 2.18. The highest BCUT2D eigenvalue weighted by Gasteiger charge is 2.22. The zero-order chi connectivity index (χ0) is 10.4. The largest absolute Gasteiger partial charge is 0.356 e. The summed E-state index contributed by atoms with van der Waals surface area (Å²) < 4.78 is 0. The van der Waals surface area contributed by atoms with E-state index in [9.17, 15) is 4.79 Å². The van der Waals surface area contributed by atoms with Gasteiger partial charge in [0, 0.05) is 19.0 Å². The Balaban J connectivity index is 2.23. The minimum absolute atomic E-state index is 0.193. The van der Waals surface area contributed by atoms with Crippen LogP contribution in [0.3, 0.4) is 0 Å². The van der Waals surface area contributed by atoms with Crippen LogP contribution >= 0.6 is 0 Å². The van der Waals surface area contributed by atoms with Crippen LogP contribution in [0.5, 0.6) is 0 Å². The van der Waals surface area contributed by atoms with Gasteiger partial charge in [-0.25, -0.2) is 0 Å². The SMILES string of the molecule is CCCNC(=O)CC1NCCCC1C. The molecular weight excluding hydrogens is 176 g/mol. The summed E-state index contributed by atoms with van der Waals surface area (Å²) in [6, 6.07) is 0.389. The van der Waals surface area contributed by atoms with Gasteiger partial charge in [0.1, 0.15) is 0 Å². The van der Waals surface area contributed by atoms with E-state index in [1.54, 1.807) is 0 Å². The Morgan fingerprint density at radius 2 is 2.36 bits per heavy atom. The third kappa shape index (κ3) is 3.66. The van der Waals surface area contributed by atoms with Gasteiger partial charge in [-0.15, -0.1) is 0 Å². The van der Waals surface area contributed by atoms with E-state index in [2.05, 4.69) is 24.5 Å². The van der Waals surface area contributed by atoms with Gasteiger partial charge < -0.3 is 10.6 Å². The topological polar surface area (TPSA) is 41.1 Å². The molecule has 1 fully saturated rings. The fraction of sp³-hybridized carbons (Fsp3) is 0.909. The molecule has 1 aliphatic heterocycles. The quantitative estimate of drug-likeness (QED) is 0.714. The third-order valence-electron chi connectivity index (χ3n) is 2.91. The van der Waals surface area contributed by atoms with Crippen LogP contribution in [0.15, 0.2) is 0 Å². The predicted octanol–water partition coefficient (Wildman–Crippen LogP) is 1.29. The number of nitrogens with one attached hydrogen (secondary N) is 2. The molecule has 0 aromatic rings. The van der Waals surface area contributed by atoms with Crippen LogP contribution in [0.4, 0.5) is 0 Å². The summed E-state index contributed by atoms with van der Waals surface area (Å²) >= 11 is 0. The molecule has 82 valence electrons. The lowest BCUT2D eigenvalue weighted by atomic mass is 9.90. The fourth-order valence-corrected chi connectivity index (χ4v) is 1.92. The Bertz CT molecular complexity index is 182. The van der Waals surface area contributed by atoms with E-state index in [1.165, 1.54) is 12.8 Å². The van der Waals surface area contributed by atoms with Gasteiger partial charge >= 0.3 is 0 Å². The Kier molecular flexibility index (Phi) is 4.94.